The molecular weight excluding hydrogens is 412 g/mol. The van der Waals surface area contributed by atoms with Crippen LogP contribution in [-0.4, -0.2) is 32.0 Å². The summed E-state index contributed by atoms with van der Waals surface area (Å²) in [5, 5.41) is 3.39. The Kier molecular flexibility index (Phi) is 6.68. The number of ketones is 1. The number of esters is 1. The second-order valence-corrected chi connectivity index (χ2v) is 8.68. The number of rotatable bonds is 6. The lowest BCUT2D eigenvalue weighted by molar-refractivity contribution is -0.136. The summed E-state index contributed by atoms with van der Waals surface area (Å²) in [6.07, 6.45) is 1.18. The second-order valence-electron chi connectivity index (χ2n) is 8.68. The van der Waals surface area contributed by atoms with Crippen LogP contribution in [0.15, 0.2) is 77.1 Å². The molecule has 1 heterocycles. The van der Waals surface area contributed by atoms with Crippen LogP contribution in [0.1, 0.15) is 56.6 Å². The molecule has 33 heavy (non-hydrogen) atoms. The lowest BCUT2D eigenvalue weighted by Crippen LogP contribution is -2.36. The zero-order chi connectivity index (χ0) is 23.5. The van der Waals surface area contributed by atoms with Crippen LogP contribution in [0.3, 0.4) is 0 Å². The SMILES string of the molecule is CCN(CC)c1ccc([C@@H]2C(C(=O)OC)=C(C)NC3=C2C(=O)C[C@@H](c2ccccc2)C3)cc1. The van der Waals surface area contributed by atoms with Crippen LogP contribution in [0.2, 0.25) is 0 Å². The zero-order valence-corrected chi connectivity index (χ0v) is 19.9. The van der Waals surface area contributed by atoms with Crippen LogP contribution in [0.4, 0.5) is 5.69 Å². The smallest absolute Gasteiger partial charge is 0.336 e. The Morgan fingerprint density at radius 2 is 1.67 bits per heavy atom. The Morgan fingerprint density at radius 3 is 2.27 bits per heavy atom. The molecule has 5 heteroatoms. The Labute approximate surface area is 196 Å². The molecule has 172 valence electrons. The molecule has 4 rings (SSSR count). The van der Waals surface area contributed by atoms with E-state index in [1.54, 1.807) is 0 Å². The molecule has 0 fully saturated rings. The van der Waals surface area contributed by atoms with Crippen LogP contribution < -0.4 is 10.2 Å². The highest BCUT2D eigenvalue weighted by atomic mass is 16.5. The van der Waals surface area contributed by atoms with Gasteiger partial charge in [-0.15, -0.1) is 0 Å². The maximum atomic E-state index is 13.5. The van der Waals surface area contributed by atoms with Gasteiger partial charge in [0.15, 0.2) is 5.78 Å². The molecule has 0 unspecified atom stereocenters. The van der Waals surface area contributed by atoms with Gasteiger partial charge >= 0.3 is 5.97 Å². The van der Waals surface area contributed by atoms with Crippen LogP contribution in [0.5, 0.6) is 0 Å². The van der Waals surface area contributed by atoms with E-state index in [0.717, 1.165) is 42.2 Å². The first-order chi connectivity index (χ1) is 16.0. The minimum atomic E-state index is -0.427. The standard InChI is InChI=1S/C28H32N2O3/c1-5-30(6-2)22-14-12-20(13-15-22)26-25(28(32)33-4)18(3)29-23-16-21(17-24(31)27(23)26)19-10-8-7-9-11-19/h7-15,21,26,29H,5-6,16-17H2,1-4H3/t21-,26+/m0/s1. The average Bonchev–Trinajstić information content (AvgIpc) is 2.84. The Hall–Kier alpha value is -3.34. The van der Waals surface area contributed by atoms with Crippen molar-refractivity contribution in [3.8, 4) is 0 Å². The number of anilines is 1. The number of hydrogen-bond donors (Lipinski definition) is 1. The Bertz CT molecular complexity index is 1100. The predicted octanol–water partition coefficient (Wildman–Crippen LogP) is 5.07. The van der Waals surface area contributed by atoms with Gasteiger partial charge in [0.1, 0.15) is 0 Å². The molecule has 0 saturated carbocycles. The van der Waals surface area contributed by atoms with E-state index >= 15 is 0 Å². The summed E-state index contributed by atoms with van der Waals surface area (Å²) in [7, 11) is 1.39. The summed E-state index contributed by atoms with van der Waals surface area (Å²) in [6, 6.07) is 18.4. The largest absolute Gasteiger partial charge is 0.466 e. The molecule has 2 aliphatic rings. The van der Waals surface area contributed by atoms with Crippen molar-refractivity contribution in [1.82, 2.24) is 5.32 Å². The van der Waals surface area contributed by atoms with Gasteiger partial charge < -0.3 is 15.0 Å². The van der Waals surface area contributed by atoms with Gasteiger partial charge in [0.05, 0.1) is 12.7 Å². The molecule has 5 nitrogen and oxygen atoms in total. The minimum absolute atomic E-state index is 0.0873. The third kappa shape index (κ3) is 4.32. The molecule has 2 aromatic rings. The first-order valence-electron chi connectivity index (χ1n) is 11.7. The molecule has 0 aromatic heterocycles. The lowest BCUT2D eigenvalue weighted by Gasteiger charge is -2.36. The van der Waals surface area contributed by atoms with E-state index in [9.17, 15) is 9.59 Å². The molecule has 1 N–H and O–H groups in total. The highest BCUT2D eigenvalue weighted by Crippen LogP contribution is 2.45. The van der Waals surface area contributed by atoms with Crippen molar-refractivity contribution in [3.63, 3.8) is 0 Å². The molecular formula is C28H32N2O3. The number of Topliss-reactive ketones (excluding diaryl/α,β-unsaturated/α-hetero) is 1. The predicted molar refractivity (Wildman–Crippen MR) is 131 cm³/mol. The van der Waals surface area contributed by atoms with Crippen molar-refractivity contribution in [2.24, 2.45) is 0 Å². The van der Waals surface area contributed by atoms with E-state index in [-0.39, 0.29) is 11.7 Å². The van der Waals surface area contributed by atoms with Gasteiger partial charge in [0, 0.05) is 48.1 Å². The maximum Gasteiger partial charge on any atom is 0.336 e. The number of nitrogens with one attached hydrogen (secondary N) is 1. The number of hydrogen-bond acceptors (Lipinski definition) is 5. The second kappa shape index (κ2) is 9.65. The van der Waals surface area contributed by atoms with Gasteiger partial charge in [-0.3, -0.25) is 4.79 Å². The zero-order valence-electron chi connectivity index (χ0n) is 19.9. The molecule has 0 amide bonds. The van der Waals surface area contributed by atoms with E-state index < -0.39 is 11.9 Å². The third-order valence-corrected chi connectivity index (χ3v) is 6.86. The van der Waals surface area contributed by atoms with E-state index in [1.807, 2.05) is 37.3 Å². The van der Waals surface area contributed by atoms with Gasteiger partial charge in [-0.1, -0.05) is 42.5 Å². The summed E-state index contributed by atoms with van der Waals surface area (Å²) in [4.78, 5) is 28.7. The summed E-state index contributed by atoms with van der Waals surface area (Å²) in [6.45, 7) is 8.00. The van der Waals surface area contributed by atoms with E-state index in [0.29, 0.717) is 17.6 Å². The molecule has 2 aromatic carbocycles. The van der Waals surface area contributed by atoms with Crippen LogP contribution in [-0.2, 0) is 14.3 Å². The number of benzene rings is 2. The van der Waals surface area contributed by atoms with Crippen LogP contribution in [0.25, 0.3) is 0 Å². The summed E-state index contributed by atoms with van der Waals surface area (Å²) in [5.41, 5.74) is 6.11. The van der Waals surface area contributed by atoms with Crippen molar-refractivity contribution < 1.29 is 14.3 Å². The summed E-state index contributed by atoms with van der Waals surface area (Å²) >= 11 is 0. The Morgan fingerprint density at radius 1 is 1.00 bits per heavy atom. The molecule has 0 bridgehead atoms. The molecule has 0 radical (unpaired) electrons. The molecule has 1 aliphatic heterocycles. The number of carbonyl (C=O) groups is 2. The fraction of sp³-hybridized carbons (Fsp3) is 0.357. The fourth-order valence-electron chi connectivity index (χ4n) is 5.18. The van der Waals surface area contributed by atoms with Crippen molar-refractivity contribution in [2.45, 2.75) is 45.4 Å². The maximum absolute atomic E-state index is 13.5. The fourth-order valence-corrected chi connectivity index (χ4v) is 5.18. The quantitative estimate of drug-likeness (QED) is 0.631. The highest BCUT2D eigenvalue weighted by Gasteiger charge is 2.41. The van der Waals surface area contributed by atoms with E-state index in [4.69, 9.17) is 4.74 Å². The average molecular weight is 445 g/mol. The van der Waals surface area contributed by atoms with Gasteiger partial charge in [0.2, 0.25) is 0 Å². The molecule has 0 saturated heterocycles. The highest BCUT2D eigenvalue weighted by molar-refractivity contribution is 6.04. The van der Waals surface area contributed by atoms with Crippen LogP contribution in [0, 0.1) is 0 Å². The van der Waals surface area contributed by atoms with E-state index in [1.165, 1.54) is 12.7 Å². The molecule has 2 atom stereocenters. The normalized spacial score (nSPS) is 20.3. The first kappa shape index (κ1) is 22.8. The number of dihydropyridines is 1. The van der Waals surface area contributed by atoms with Crippen molar-refractivity contribution in [2.75, 3.05) is 25.1 Å². The third-order valence-electron chi connectivity index (χ3n) is 6.86. The number of methoxy groups -OCH3 is 1. The number of allylic oxidation sites excluding steroid dienone is 3. The van der Waals surface area contributed by atoms with Crippen molar-refractivity contribution in [1.29, 1.82) is 0 Å². The van der Waals surface area contributed by atoms with Gasteiger partial charge in [-0.05, 0) is 56.4 Å². The molecule has 0 spiro atoms. The minimum Gasteiger partial charge on any atom is -0.466 e. The molecule has 1 aliphatic carbocycles. The summed E-state index contributed by atoms with van der Waals surface area (Å²) < 4.78 is 5.14. The first-order valence-corrected chi connectivity index (χ1v) is 11.7. The number of carbonyl (C=O) groups excluding carboxylic acids is 2. The van der Waals surface area contributed by atoms with Gasteiger partial charge in [-0.25, -0.2) is 4.79 Å². The number of ether oxygens (including phenoxy) is 1. The number of nitrogens with zero attached hydrogens (tertiary/aromatic N) is 1. The Balaban J connectivity index is 1.77. The van der Waals surface area contributed by atoms with Gasteiger partial charge in [0.25, 0.3) is 0 Å². The van der Waals surface area contributed by atoms with E-state index in [2.05, 4.69) is 48.3 Å². The van der Waals surface area contributed by atoms with Gasteiger partial charge in [-0.2, -0.15) is 0 Å². The topological polar surface area (TPSA) is 58.6 Å². The lowest BCUT2D eigenvalue weighted by atomic mass is 9.71. The van der Waals surface area contributed by atoms with Crippen molar-refractivity contribution in [3.05, 3.63) is 88.3 Å². The van der Waals surface area contributed by atoms with Crippen molar-refractivity contribution >= 4 is 17.4 Å². The summed E-state index contributed by atoms with van der Waals surface area (Å²) in [5.74, 6) is -0.613. The monoisotopic (exact) mass is 444 g/mol. The van der Waals surface area contributed by atoms with Crippen LogP contribution >= 0.6 is 0 Å².